The molecule has 2 aliphatic carbocycles. The molecule has 4 heteroatoms. The van der Waals surface area contributed by atoms with E-state index in [9.17, 15) is 8.42 Å². The summed E-state index contributed by atoms with van der Waals surface area (Å²) in [6.45, 7) is 0.991. The zero-order chi connectivity index (χ0) is 11.4. The standard InChI is InChI=1S/C12H23NO2S/c14-16(15,12-5-1-2-6-12)10-4-3-9-13-11-7-8-11/h11-13H,1-10H2. The van der Waals surface area contributed by atoms with E-state index in [1.807, 2.05) is 0 Å². The summed E-state index contributed by atoms with van der Waals surface area (Å²) >= 11 is 0. The highest BCUT2D eigenvalue weighted by atomic mass is 32.2. The van der Waals surface area contributed by atoms with Gasteiger partial charge >= 0.3 is 0 Å². The van der Waals surface area contributed by atoms with Crippen LogP contribution in [0.15, 0.2) is 0 Å². The largest absolute Gasteiger partial charge is 0.314 e. The van der Waals surface area contributed by atoms with E-state index in [1.54, 1.807) is 0 Å². The van der Waals surface area contributed by atoms with Crippen LogP contribution in [0.25, 0.3) is 0 Å². The smallest absolute Gasteiger partial charge is 0.153 e. The van der Waals surface area contributed by atoms with Crippen LogP contribution in [0.3, 0.4) is 0 Å². The van der Waals surface area contributed by atoms with Crippen LogP contribution >= 0.6 is 0 Å². The van der Waals surface area contributed by atoms with Gasteiger partial charge in [-0.1, -0.05) is 12.8 Å². The van der Waals surface area contributed by atoms with Gasteiger partial charge < -0.3 is 5.32 Å². The lowest BCUT2D eigenvalue weighted by atomic mass is 10.3. The maximum Gasteiger partial charge on any atom is 0.153 e. The van der Waals surface area contributed by atoms with E-state index in [4.69, 9.17) is 0 Å². The molecule has 0 aromatic carbocycles. The SMILES string of the molecule is O=S(=O)(CCCCNC1CC1)C1CCCC1. The summed E-state index contributed by atoms with van der Waals surface area (Å²) in [6.07, 6.45) is 8.47. The summed E-state index contributed by atoms with van der Waals surface area (Å²) in [4.78, 5) is 0. The Hall–Kier alpha value is -0.0900. The third-order valence-corrected chi connectivity index (χ3v) is 6.02. The van der Waals surface area contributed by atoms with Crippen LogP contribution in [0.4, 0.5) is 0 Å². The molecular weight excluding hydrogens is 222 g/mol. The Morgan fingerprint density at radius 1 is 1.00 bits per heavy atom. The molecule has 2 saturated carbocycles. The van der Waals surface area contributed by atoms with Gasteiger partial charge in [0, 0.05) is 6.04 Å². The second kappa shape index (κ2) is 5.50. The fraction of sp³-hybridized carbons (Fsp3) is 1.00. The van der Waals surface area contributed by atoms with E-state index in [0.29, 0.717) is 5.75 Å². The third kappa shape index (κ3) is 3.74. The Balaban J connectivity index is 1.59. The normalized spacial score (nSPS) is 22.8. The van der Waals surface area contributed by atoms with Crippen molar-refractivity contribution < 1.29 is 8.42 Å². The highest BCUT2D eigenvalue weighted by Gasteiger charge is 2.27. The van der Waals surface area contributed by atoms with Gasteiger partial charge in [-0.2, -0.15) is 0 Å². The maximum atomic E-state index is 11.9. The fourth-order valence-electron chi connectivity index (χ4n) is 2.44. The summed E-state index contributed by atoms with van der Waals surface area (Å²) < 4.78 is 23.8. The summed E-state index contributed by atoms with van der Waals surface area (Å²) in [5, 5.41) is 3.41. The molecule has 0 bridgehead atoms. The monoisotopic (exact) mass is 245 g/mol. The van der Waals surface area contributed by atoms with Crippen LogP contribution in [0.5, 0.6) is 0 Å². The quantitative estimate of drug-likeness (QED) is 0.697. The van der Waals surface area contributed by atoms with Crippen molar-refractivity contribution in [2.75, 3.05) is 12.3 Å². The van der Waals surface area contributed by atoms with Crippen molar-refractivity contribution in [2.45, 2.75) is 62.7 Å². The van der Waals surface area contributed by atoms with Crippen LogP contribution < -0.4 is 5.32 Å². The van der Waals surface area contributed by atoms with E-state index >= 15 is 0 Å². The van der Waals surface area contributed by atoms with Crippen LogP contribution in [0.1, 0.15) is 51.4 Å². The van der Waals surface area contributed by atoms with Crippen LogP contribution in [0.2, 0.25) is 0 Å². The molecule has 1 N–H and O–H groups in total. The van der Waals surface area contributed by atoms with E-state index in [-0.39, 0.29) is 5.25 Å². The van der Waals surface area contributed by atoms with E-state index in [1.165, 1.54) is 12.8 Å². The van der Waals surface area contributed by atoms with Crippen molar-refractivity contribution in [1.29, 1.82) is 0 Å². The number of sulfone groups is 1. The van der Waals surface area contributed by atoms with E-state index in [0.717, 1.165) is 51.1 Å². The third-order valence-electron chi connectivity index (χ3n) is 3.68. The number of nitrogens with one attached hydrogen (secondary N) is 1. The van der Waals surface area contributed by atoms with Gasteiger partial charge in [-0.25, -0.2) is 8.42 Å². The van der Waals surface area contributed by atoms with Gasteiger partial charge in [0.25, 0.3) is 0 Å². The van der Waals surface area contributed by atoms with Gasteiger partial charge in [0.05, 0.1) is 11.0 Å². The van der Waals surface area contributed by atoms with Gasteiger partial charge in [-0.3, -0.25) is 0 Å². The molecule has 0 amide bonds. The zero-order valence-electron chi connectivity index (χ0n) is 9.95. The molecule has 0 saturated heterocycles. The number of unbranched alkanes of at least 4 members (excludes halogenated alkanes) is 1. The van der Waals surface area contributed by atoms with Gasteiger partial charge in [-0.15, -0.1) is 0 Å². The summed E-state index contributed by atoms with van der Waals surface area (Å²) in [5.41, 5.74) is 0. The van der Waals surface area contributed by atoms with E-state index < -0.39 is 9.84 Å². The molecule has 0 aromatic heterocycles. The lowest BCUT2D eigenvalue weighted by molar-refractivity contribution is 0.571. The number of hydrogen-bond acceptors (Lipinski definition) is 3. The van der Waals surface area contributed by atoms with Crippen molar-refractivity contribution >= 4 is 9.84 Å². The molecule has 0 spiro atoms. The molecule has 0 aliphatic heterocycles. The average molecular weight is 245 g/mol. The molecule has 0 radical (unpaired) electrons. The Kier molecular flexibility index (Phi) is 4.25. The minimum Gasteiger partial charge on any atom is -0.314 e. The second-order valence-corrected chi connectivity index (χ2v) is 7.61. The van der Waals surface area contributed by atoms with Crippen molar-refractivity contribution in [3.63, 3.8) is 0 Å². The van der Waals surface area contributed by atoms with Crippen molar-refractivity contribution in [2.24, 2.45) is 0 Å². The van der Waals surface area contributed by atoms with E-state index in [2.05, 4.69) is 5.32 Å². The average Bonchev–Trinajstić information content (AvgIpc) is 2.89. The highest BCUT2D eigenvalue weighted by molar-refractivity contribution is 7.92. The number of rotatable bonds is 7. The predicted octanol–water partition coefficient (Wildman–Crippen LogP) is 1.88. The molecule has 3 nitrogen and oxygen atoms in total. The Bertz CT molecular complexity index is 303. The first-order valence-electron chi connectivity index (χ1n) is 6.63. The molecule has 0 heterocycles. The topological polar surface area (TPSA) is 46.2 Å². The minimum atomic E-state index is -2.77. The Labute approximate surface area is 98.9 Å². The predicted molar refractivity (Wildman–Crippen MR) is 66.3 cm³/mol. The van der Waals surface area contributed by atoms with Gasteiger partial charge in [-0.05, 0) is 45.1 Å². The molecule has 2 rings (SSSR count). The van der Waals surface area contributed by atoms with Gasteiger partial charge in [0.2, 0.25) is 0 Å². The van der Waals surface area contributed by atoms with Crippen LogP contribution in [-0.2, 0) is 9.84 Å². The minimum absolute atomic E-state index is 0.0103. The molecule has 2 aliphatic rings. The molecule has 0 unspecified atom stereocenters. The molecule has 2 fully saturated rings. The molecule has 0 atom stereocenters. The first kappa shape index (κ1) is 12.4. The maximum absolute atomic E-state index is 11.9. The second-order valence-electron chi connectivity index (χ2n) is 5.21. The molecule has 0 aromatic rings. The first-order valence-corrected chi connectivity index (χ1v) is 8.35. The highest BCUT2D eigenvalue weighted by Crippen LogP contribution is 2.25. The van der Waals surface area contributed by atoms with Crippen LogP contribution in [-0.4, -0.2) is 32.0 Å². The summed E-state index contributed by atoms with van der Waals surface area (Å²) in [7, 11) is -2.77. The molecule has 94 valence electrons. The lowest BCUT2D eigenvalue weighted by Gasteiger charge is -2.10. The summed E-state index contributed by atoms with van der Waals surface area (Å²) in [5.74, 6) is 0.407. The van der Waals surface area contributed by atoms with Crippen LogP contribution in [0, 0.1) is 0 Å². The van der Waals surface area contributed by atoms with Crippen molar-refractivity contribution in [3.05, 3.63) is 0 Å². The number of hydrogen-bond donors (Lipinski definition) is 1. The van der Waals surface area contributed by atoms with Crippen molar-refractivity contribution in [3.8, 4) is 0 Å². The first-order chi connectivity index (χ1) is 7.68. The summed E-state index contributed by atoms with van der Waals surface area (Å²) in [6, 6.07) is 0.742. The lowest BCUT2D eigenvalue weighted by Crippen LogP contribution is -2.22. The Morgan fingerprint density at radius 2 is 1.69 bits per heavy atom. The van der Waals surface area contributed by atoms with Gasteiger partial charge in [0.15, 0.2) is 9.84 Å². The Morgan fingerprint density at radius 3 is 2.31 bits per heavy atom. The molecule has 16 heavy (non-hydrogen) atoms. The zero-order valence-corrected chi connectivity index (χ0v) is 10.8. The van der Waals surface area contributed by atoms with Crippen molar-refractivity contribution in [1.82, 2.24) is 5.32 Å². The fourth-order valence-corrected chi connectivity index (χ4v) is 4.43. The molecular formula is C12H23NO2S. The van der Waals surface area contributed by atoms with Gasteiger partial charge in [0.1, 0.15) is 0 Å².